The van der Waals surface area contributed by atoms with Crippen molar-refractivity contribution in [3.63, 3.8) is 0 Å². The first-order valence-corrected chi connectivity index (χ1v) is 6.68. The van der Waals surface area contributed by atoms with Gasteiger partial charge in [0, 0.05) is 10.0 Å². The number of halogens is 4. The molecular weight excluding hydrogens is 349 g/mol. The predicted octanol–water partition coefficient (Wildman–Crippen LogP) is 4.71. The monoisotopic (exact) mass is 358 g/mol. The number of ether oxygens (including phenoxy) is 1. The Morgan fingerprint density at radius 1 is 1.10 bits per heavy atom. The zero-order chi connectivity index (χ0) is 15.6. The molecule has 0 saturated carbocycles. The van der Waals surface area contributed by atoms with Crippen LogP contribution in [0.25, 0.3) is 0 Å². The second-order valence-electron chi connectivity index (χ2n) is 4.22. The van der Waals surface area contributed by atoms with Crippen LogP contribution in [0.5, 0.6) is 5.75 Å². The molecule has 0 spiro atoms. The first-order valence-electron chi connectivity index (χ1n) is 5.89. The number of alkyl halides is 3. The highest BCUT2D eigenvalue weighted by Crippen LogP contribution is 2.34. The molecule has 110 valence electrons. The van der Waals surface area contributed by atoms with Gasteiger partial charge in [0.05, 0.1) is 18.2 Å². The maximum atomic E-state index is 13.0. The summed E-state index contributed by atoms with van der Waals surface area (Å²) in [5.41, 5.74) is -1.29. The normalized spacial score (nSPS) is 11.3. The largest absolute Gasteiger partial charge is 0.496 e. The average Bonchev–Trinajstić information content (AvgIpc) is 2.45. The van der Waals surface area contributed by atoms with Crippen molar-refractivity contribution in [2.75, 3.05) is 7.11 Å². The Labute approximate surface area is 127 Å². The Hall–Kier alpha value is -1.82. The fourth-order valence-corrected chi connectivity index (χ4v) is 2.29. The van der Waals surface area contributed by atoms with Crippen LogP contribution in [0.15, 0.2) is 46.9 Å². The van der Waals surface area contributed by atoms with E-state index >= 15 is 0 Å². The van der Waals surface area contributed by atoms with Gasteiger partial charge in [0.15, 0.2) is 5.78 Å². The summed E-state index contributed by atoms with van der Waals surface area (Å²) in [4.78, 5) is 12.4. The highest BCUT2D eigenvalue weighted by atomic mass is 79.9. The van der Waals surface area contributed by atoms with Crippen LogP contribution < -0.4 is 4.74 Å². The zero-order valence-electron chi connectivity index (χ0n) is 10.9. The molecule has 0 aliphatic carbocycles. The molecule has 2 aromatic carbocycles. The Bertz CT molecular complexity index is 681. The van der Waals surface area contributed by atoms with Gasteiger partial charge < -0.3 is 4.74 Å². The van der Waals surface area contributed by atoms with Gasteiger partial charge in [0.2, 0.25) is 0 Å². The van der Waals surface area contributed by atoms with E-state index in [1.807, 2.05) is 0 Å². The number of carbonyl (C=O) groups excluding carboxylic acids is 1. The van der Waals surface area contributed by atoms with Crippen molar-refractivity contribution < 1.29 is 22.7 Å². The summed E-state index contributed by atoms with van der Waals surface area (Å²) in [6, 6.07) is 9.29. The quantitative estimate of drug-likeness (QED) is 0.743. The Balaban J connectivity index is 2.59. The van der Waals surface area contributed by atoms with Gasteiger partial charge in [-0.25, -0.2) is 0 Å². The fraction of sp³-hybridized carbons (Fsp3) is 0.133. The van der Waals surface area contributed by atoms with E-state index in [4.69, 9.17) is 4.74 Å². The van der Waals surface area contributed by atoms with Crippen LogP contribution in [-0.4, -0.2) is 12.9 Å². The lowest BCUT2D eigenvalue weighted by Crippen LogP contribution is -2.14. The second-order valence-corrected chi connectivity index (χ2v) is 5.13. The lowest BCUT2D eigenvalue weighted by atomic mass is 9.97. The third-order valence-corrected chi connectivity index (χ3v) is 3.38. The van der Waals surface area contributed by atoms with Crippen molar-refractivity contribution in [2.45, 2.75) is 6.18 Å². The van der Waals surface area contributed by atoms with Crippen LogP contribution in [0.1, 0.15) is 21.5 Å². The minimum atomic E-state index is -4.59. The SMILES string of the molecule is COc1ccc(Br)cc1C(=O)c1ccccc1C(F)(F)F. The molecule has 0 unspecified atom stereocenters. The van der Waals surface area contributed by atoms with E-state index in [2.05, 4.69) is 15.9 Å². The lowest BCUT2D eigenvalue weighted by Gasteiger charge is -2.13. The van der Waals surface area contributed by atoms with E-state index < -0.39 is 23.1 Å². The molecule has 0 amide bonds. The Morgan fingerprint density at radius 2 is 1.76 bits per heavy atom. The molecule has 0 saturated heterocycles. The van der Waals surface area contributed by atoms with Crippen LogP contribution in [-0.2, 0) is 6.18 Å². The number of benzene rings is 2. The Kier molecular flexibility index (Phi) is 4.37. The average molecular weight is 359 g/mol. The van der Waals surface area contributed by atoms with Gasteiger partial charge in [-0.1, -0.05) is 34.1 Å². The smallest absolute Gasteiger partial charge is 0.417 e. The maximum absolute atomic E-state index is 13.0. The van der Waals surface area contributed by atoms with Crippen LogP contribution in [0.3, 0.4) is 0 Å². The topological polar surface area (TPSA) is 26.3 Å². The molecule has 0 radical (unpaired) electrons. The highest BCUT2D eigenvalue weighted by molar-refractivity contribution is 9.10. The van der Waals surface area contributed by atoms with E-state index in [-0.39, 0.29) is 11.3 Å². The molecule has 2 aromatic rings. The molecule has 0 fully saturated rings. The Morgan fingerprint density at radius 3 is 2.38 bits per heavy atom. The van der Waals surface area contributed by atoms with E-state index in [1.54, 1.807) is 6.07 Å². The standard InChI is InChI=1S/C15H10BrF3O2/c1-21-13-7-6-9(16)8-11(13)14(20)10-4-2-3-5-12(10)15(17,18)19/h2-8H,1H3. The zero-order valence-corrected chi connectivity index (χ0v) is 12.5. The van der Waals surface area contributed by atoms with E-state index in [0.717, 1.165) is 12.1 Å². The summed E-state index contributed by atoms with van der Waals surface area (Å²) in [5, 5.41) is 0. The van der Waals surface area contributed by atoms with Crippen LogP contribution in [0, 0.1) is 0 Å². The van der Waals surface area contributed by atoms with Crippen LogP contribution in [0.4, 0.5) is 13.2 Å². The summed E-state index contributed by atoms with van der Waals surface area (Å²) >= 11 is 3.19. The third-order valence-electron chi connectivity index (χ3n) is 2.88. The molecule has 0 aliphatic rings. The van der Waals surface area contributed by atoms with Gasteiger partial charge in [-0.05, 0) is 24.3 Å². The van der Waals surface area contributed by atoms with Crippen molar-refractivity contribution in [3.8, 4) is 5.75 Å². The lowest BCUT2D eigenvalue weighted by molar-refractivity contribution is -0.137. The predicted molar refractivity (Wildman–Crippen MR) is 75.6 cm³/mol. The molecule has 0 N–H and O–H groups in total. The van der Waals surface area contributed by atoms with Gasteiger partial charge in [0.1, 0.15) is 5.75 Å². The minimum Gasteiger partial charge on any atom is -0.496 e. The molecule has 0 aromatic heterocycles. The van der Waals surface area contributed by atoms with Crippen molar-refractivity contribution in [3.05, 3.63) is 63.6 Å². The van der Waals surface area contributed by atoms with Gasteiger partial charge >= 0.3 is 6.18 Å². The van der Waals surface area contributed by atoms with Gasteiger partial charge in [-0.3, -0.25) is 4.79 Å². The maximum Gasteiger partial charge on any atom is 0.417 e. The number of methoxy groups -OCH3 is 1. The van der Waals surface area contributed by atoms with Gasteiger partial charge in [-0.15, -0.1) is 0 Å². The summed E-state index contributed by atoms with van der Waals surface area (Å²) in [5.74, 6) is -0.513. The molecule has 0 aliphatic heterocycles. The second kappa shape index (κ2) is 5.89. The molecular formula is C15H10BrF3O2. The number of rotatable bonds is 3. The van der Waals surface area contributed by atoms with Crippen molar-refractivity contribution >= 4 is 21.7 Å². The molecule has 0 heterocycles. The van der Waals surface area contributed by atoms with E-state index in [1.165, 1.54) is 31.4 Å². The number of hydrogen-bond acceptors (Lipinski definition) is 2. The molecule has 2 rings (SSSR count). The van der Waals surface area contributed by atoms with Crippen molar-refractivity contribution in [1.29, 1.82) is 0 Å². The fourth-order valence-electron chi connectivity index (χ4n) is 1.93. The highest BCUT2D eigenvalue weighted by Gasteiger charge is 2.35. The number of carbonyl (C=O) groups is 1. The van der Waals surface area contributed by atoms with Crippen LogP contribution >= 0.6 is 15.9 Å². The summed E-state index contributed by atoms with van der Waals surface area (Å²) in [6.07, 6.45) is -4.59. The van der Waals surface area contributed by atoms with Crippen LogP contribution in [0.2, 0.25) is 0 Å². The first-order chi connectivity index (χ1) is 9.84. The van der Waals surface area contributed by atoms with Crippen molar-refractivity contribution in [1.82, 2.24) is 0 Å². The van der Waals surface area contributed by atoms with Crippen molar-refractivity contribution in [2.24, 2.45) is 0 Å². The molecule has 6 heteroatoms. The van der Waals surface area contributed by atoms with E-state index in [0.29, 0.717) is 4.47 Å². The molecule has 0 atom stereocenters. The minimum absolute atomic E-state index is 0.0728. The van der Waals surface area contributed by atoms with E-state index in [9.17, 15) is 18.0 Å². The number of ketones is 1. The third kappa shape index (κ3) is 3.26. The summed E-state index contributed by atoms with van der Waals surface area (Å²) in [6.45, 7) is 0. The molecule has 21 heavy (non-hydrogen) atoms. The first kappa shape index (κ1) is 15.6. The summed E-state index contributed by atoms with van der Waals surface area (Å²) < 4.78 is 44.6. The molecule has 0 bridgehead atoms. The number of hydrogen-bond donors (Lipinski definition) is 0. The van der Waals surface area contributed by atoms with Gasteiger partial charge in [-0.2, -0.15) is 13.2 Å². The summed E-state index contributed by atoms with van der Waals surface area (Å²) in [7, 11) is 1.36. The van der Waals surface area contributed by atoms with Gasteiger partial charge in [0.25, 0.3) is 0 Å². The molecule has 2 nitrogen and oxygen atoms in total.